The minimum atomic E-state index is -0.641. The Bertz CT molecular complexity index is 1740. The van der Waals surface area contributed by atoms with Gasteiger partial charge in [0, 0.05) is 64.5 Å². The number of likely N-dealkylation sites (N-methyl/N-ethyl adjacent to an activating group) is 1. The second-order valence-electron chi connectivity index (χ2n) is 12.1. The van der Waals surface area contributed by atoms with Gasteiger partial charge >= 0.3 is 6.16 Å². The smallest absolute Gasteiger partial charge is 0.468 e. The van der Waals surface area contributed by atoms with E-state index < -0.39 is 12.3 Å². The van der Waals surface area contributed by atoms with Crippen LogP contribution in [0, 0.1) is 0 Å². The lowest BCUT2D eigenvalue weighted by Gasteiger charge is -2.40. The van der Waals surface area contributed by atoms with Gasteiger partial charge in [-0.25, -0.2) is 4.79 Å². The van der Waals surface area contributed by atoms with E-state index in [4.69, 9.17) is 37.1 Å². The van der Waals surface area contributed by atoms with Crippen molar-refractivity contribution in [3.8, 4) is 0 Å². The number of piperazine rings is 1. The van der Waals surface area contributed by atoms with Gasteiger partial charge in [-0.1, -0.05) is 53.5 Å². The van der Waals surface area contributed by atoms with Crippen molar-refractivity contribution in [1.29, 1.82) is 0 Å². The summed E-state index contributed by atoms with van der Waals surface area (Å²) >= 11 is 12.8. The molecule has 0 bridgehead atoms. The predicted molar refractivity (Wildman–Crippen MR) is 184 cm³/mol. The SMILES string of the molecule is CN=Cc1cc(C(=O)N(C)CC(CCN2CCN(C(c3ccco3)C3COC(=O)O3)CC2)c2ccc(Cl)c(Cl)c2)c2ccccc2c1. The number of carbonyl (C=O) groups is 2. The van der Waals surface area contributed by atoms with Gasteiger partial charge < -0.3 is 23.7 Å². The van der Waals surface area contributed by atoms with Crippen molar-refractivity contribution < 1.29 is 23.5 Å². The van der Waals surface area contributed by atoms with Crippen LogP contribution in [0.25, 0.3) is 10.8 Å². The van der Waals surface area contributed by atoms with Crippen molar-refractivity contribution in [2.45, 2.75) is 24.5 Å². The van der Waals surface area contributed by atoms with Crippen LogP contribution in [0.4, 0.5) is 4.79 Å². The molecule has 4 aromatic rings. The molecule has 11 heteroatoms. The monoisotopic (exact) mass is 676 g/mol. The first-order valence-corrected chi connectivity index (χ1v) is 16.5. The van der Waals surface area contributed by atoms with Crippen molar-refractivity contribution in [1.82, 2.24) is 14.7 Å². The number of ether oxygens (including phenoxy) is 2. The number of hydrogen-bond donors (Lipinski definition) is 0. The second-order valence-corrected chi connectivity index (χ2v) is 12.9. The van der Waals surface area contributed by atoms with Crippen molar-refractivity contribution in [3.05, 3.63) is 105 Å². The Hall–Kier alpha value is -3.89. The summed E-state index contributed by atoms with van der Waals surface area (Å²) < 4.78 is 16.3. The zero-order valence-corrected chi connectivity index (χ0v) is 28.0. The molecule has 1 aromatic heterocycles. The lowest BCUT2D eigenvalue weighted by atomic mass is 9.94. The van der Waals surface area contributed by atoms with Gasteiger partial charge in [0.15, 0.2) is 6.10 Å². The number of carbonyl (C=O) groups excluding carboxylic acids is 2. The van der Waals surface area contributed by atoms with E-state index in [1.807, 2.05) is 73.8 Å². The molecule has 9 nitrogen and oxygen atoms in total. The van der Waals surface area contributed by atoms with Crippen LogP contribution in [0.2, 0.25) is 10.0 Å². The molecule has 3 unspecified atom stereocenters. The third kappa shape index (κ3) is 7.65. The molecule has 47 heavy (non-hydrogen) atoms. The molecule has 2 saturated heterocycles. The molecule has 3 heterocycles. The third-order valence-electron chi connectivity index (χ3n) is 9.04. The second kappa shape index (κ2) is 14.9. The average molecular weight is 678 g/mol. The summed E-state index contributed by atoms with van der Waals surface area (Å²) in [6.45, 7) is 4.76. The van der Waals surface area contributed by atoms with Crippen LogP contribution in [-0.2, 0) is 9.47 Å². The fourth-order valence-corrected chi connectivity index (χ4v) is 6.95. The largest absolute Gasteiger partial charge is 0.508 e. The minimum absolute atomic E-state index is 0.0225. The van der Waals surface area contributed by atoms with Gasteiger partial charge in [0.1, 0.15) is 18.4 Å². The first-order chi connectivity index (χ1) is 22.8. The van der Waals surface area contributed by atoms with E-state index in [0.717, 1.165) is 66.8 Å². The van der Waals surface area contributed by atoms with Crippen molar-refractivity contribution >= 4 is 52.3 Å². The van der Waals surface area contributed by atoms with E-state index in [1.54, 1.807) is 24.4 Å². The zero-order valence-electron chi connectivity index (χ0n) is 26.5. The first-order valence-electron chi connectivity index (χ1n) is 15.8. The fraction of sp³-hybridized carbons (Fsp3) is 0.361. The Morgan fingerprint density at radius 1 is 1.04 bits per heavy atom. The van der Waals surface area contributed by atoms with Crippen LogP contribution in [0.3, 0.4) is 0 Å². The summed E-state index contributed by atoms with van der Waals surface area (Å²) in [6.07, 6.45) is 3.16. The standard InChI is InChI=1S/C36H38Cl2N4O5/c1-39-21-24-18-26-6-3-4-7-28(26)29(19-24)35(43)40(2)22-27(25-9-10-30(37)31(38)20-25)11-12-41-13-15-42(16-14-41)34(32-8-5-17-45-32)33-23-46-36(44)47-33/h3-10,17-21,27,33-34H,11-16,22-23H2,1-2H3. The van der Waals surface area contributed by atoms with E-state index in [-0.39, 0.29) is 24.5 Å². The molecule has 0 spiro atoms. The maximum atomic E-state index is 14.0. The number of benzene rings is 3. The van der Waals surface area contributed by atoms with Gasteiger partial charge in [-0.05, 0) is 71.3 Å². The minimum Gasteiger partial charge on any atom is -0.468 e. The van der Waals surface area contributed by atoms with E-state index >= 15 is 0 Å². The zero-order chi connectivity index (χ0) is 32.9. The average Bonchev–Trinajstić information content (AvgIpc) is 3.77. The first kappa shape index (κ1) is 33.0. The Kier molecular flexibility index (Phi) is 10.5. The summed E-state index contributed by atoms with van der Waals surface area (Å²) in [5.74, 6) is 0.732. The van der Waals surface area contributed by atoms with Crippen molar-refractivity contribution in [2.75, 3.05) is 60.0 Å². The molecule has 0 N–H and O–H groups in total. The van der Waals surface area contributed by atoms with Gasteiger partial charge in [-0.15, -0.1) is 0 Å². The van der Waals surface area contributed by atoms with Crippen LogP contribution in [0.15, 0.2) is 82.4 Å². The van der Waals surface area contributed by atoms with Gasteiger partial charge in [0.05, 0.1) is 16.3 Å². The van der Waals surface area contributed by atoms with Crippen molar-refractivity contribution in [2.24, 2.45) is 4.99 Å². The lowest BCUT2D eigenvalue weighted by molar-refractivity contribution is 0.0175. The summed E-state index contributed by atoms with van der Waals surface area (Å²) in [7, 11) is 3.58. The maximum absolute atomic E-state index is 14.0. The summed E-state index contributed by atoms with van der Waals surface area (Å²) in [6, 6.07) is 21.2. The molecular weight excluding hydrogens is 639 g/mol. The topological polar surface area (TPSA) is 87.8 Å². The number of amides is 1. The number of fused-ring (bicyclic) bond motifs is 1. The molecule has 2 aliphatic rings. The van der Waals surface area contributed by atoms with Gasteiger partial charge in [-0.3, -0.25) is 14.7 Å². The predicted octanol–water partition coefficient (Wildman–Crippen LogP) is 6.93. The van der Waals surface area contributed by atoms with Gasteiger partial charge in [-0.2, -0.15) is 0 Å². The normalized spacial score (nSPS) is 18.7. The summed E-state index contributed by atoms with van der Waals surface area (Å²) in [5.41, 5.74) is 2.57. The molecule has 1 amide bonds. The molecule has 2 fully saturated rings. The van der Waals surface area contributed by atoms with Gasteiger partial charge in [0.2, 0.25) is 0 Å². The third-order valence-corrected chi connectivity index (χ3v) is 9.78. The molecule has 0 saturated carbocycles. The van der Waals surface area contributed by atoms with Crippen LogP contribution < -0.4 is 0 Å². The Balaban J connectivity index is 1.15. The summed E-state index contributed by atoms with van der Waals surface area (Å²) in [4.78, 5) is 36.4. The molecular formula is C36H38Cl2N4O5. The highest BCUT2D eigenvalue weighted by Gasteiger charge is 2.40. The van der Waals surface area contributed by atoms with Crippen LogP contribution >= 0.6 is 23.2 Å². The van der Waals surface area contributed by atoms with Crippen LogP contribution in [-0.4, -0.2) is 99.1 Å². The summed E-state index contributed by atoms with van der Waals surface area (Å²) in [5, 5.41) is 2.90. The Morgan fingerprint density at radius 2 is 1.85 bits per heavy atom. The van der Waals surface area contributed by atoms with Crippen LogP contribution in [0.1, 0.15) is 45.6 Å². The number of nitrogens with zero attached hydrogens (tertiary/aromatic N) is 4. The Morgan fingerprint density at radius 3 is 2.55 bits per heavy atom. The number of aliphatic imine (C=N–C) groups is 1. The van der Waals surface area contributed by atoms with Crippen molar-refractivity contribution in [3.63, 3.8) is 0 Å². The highest BCUT2D eigenvalue weighted by molar-refractivity contribution is 6.42. The molecule has 6 rings (SSSR count). The molecule has 0 aliphatic carbocycles. The lowest BCUT2D eigenvalue weighted by Crippen LogP contribution is -2.50. The van der Waals surface area contributed by atoms with E-state index in [1.165, 1.54) is 0 Å². The van der Waals surface area contributed by atoms with E-state index in [2.05, 4.69) is 14.8 Å². The highest BCUT2D eigenvalue weighted by Crippen LogP contribution is 2.33. The molecule has 3 atom stereocenters. The molecule has 0 radical (unpaired) electrons. The van der Waals surface area contributed by atoms with E-state index in [9.17, 15) is 9.59 Å². The molecule has 2 aliphatic heterocycles. The quantitative estimate of drug-likeness (QED) is 0.126. The Labute approximate surface area is 284 Å². The number of hydrogen-bond acceptors (Lipinski definition) is 8. The van der Waals surface area contributed by atoms with Gasteiger partial charge in [0.25, 0.3) is 5.91 Å². The highest BCUT2D eigenvalue weighted by atomic mass is 35.5. The molecule has 246 valence electrons. The number of furan rings is 1. The van der Waals surface area contributed by atoms with E-state index in [0.29, 0.717) is 22.2 Å². The number of rotatable bonds is 11. The molecule has 3 aromatic carbocycles. The maximum Gasteiger partial charge on any atom is 0.508 e. The number of cyclic esters (lactones) is 2. The fourth-order valence-electron chi connectivity index (χ4n) is 6.64. The van der Waals surface area contributed by atoms with Crippen LogP contribution in [0.5, 0.6) is 0 Å². The number of halogens is 2.